The number of amides is 1. The lowest BCUT2D eigenvalue weighted by molar-refractivity contribution is 0.0706. The van der Waals surface area contributed by atoms with Crippen molar-refractivity contribution in [2.75, 3.05) is 26.2 Å². The molecule has 1 aliphatic heterocycles. The van der Waals surface area contributed by atoms with Crippen molar-refractivity contribution >= 4 is 29.7 Å². The zero-order chi connectivity index (χ0) is 20.1. The molecule has 1 fully saturated rings. The van der Waals surface area contributed by atoms with Crippen LogP contribution in [-0.4, -0.2) is 46.7 Å². The Kier molecular flexibility index (Phi) is 8.89. The number of aromatic nitrogens is 1. The number of pyridine rings is 1. The molecule has 2 N–H and O–H groups in total. The maximum absolute atomic E-state index is 13.2. The first kappa shape index (κ1) is 23.6. The lowest BCUT2D eigenvalue weighted by Crippen LogP contribution is -2.40. The molecular weight excluding hydrogens is 410 g/mol. The lowest BCUT2D eigenvalue weighted by Gasteiger charge is -2.25. The van der Waals surface area contributed by atoms with Crippen LogP contribution in [0.5, 0.6) is 0 Å². The van der Waals surface area contributed by atoms with E-state index in [4.69, 9.17) is 0 Å². The van der Waals surface area contributed by atoms with Crippen molar-refractivity contribution in [2.45, 2.75) is 39.8 Å². The molecule has 6 nitrogen and oxygen atoms in total. The van der Waals surface area contributed by atoms with Crippen LogP contribution in [0.1, 0.15) is 38.5 Å². The third-order valence-electron chi connectivity index (χ3n) is 5.24. The predicted molar refractivity (Wildman–Crippen MR) is 119 cm³/mol. The standard InChI is InChI=1S/C21H29N3O3S.ClH/c1-15-7-9-23(13-17-4-3-8-22-12-17)20(26)19(15)21(27)24(10-11-25)14-18-6-5-16(2)28-18;/h5-7,9,17,22,25H,3-4,8,10-14H2,1-2H3;1H. The summed E-state index contributed by atoms with van der Waals surface area (Å²) in [5.41, 5.74) is 0.659. The molecule has 2 aromatic heterocycles. The van der Waals surface area contributed by atoms with Crippen LogP contribution in [0.2, 0.25) is 0 Å². The molecule has 0 saturated carbocycles. The fourth-order valence-corrected chi connectivity index (χ4v) is 4.62. The Morgan fingerprint density at radius 1 is 1.34 bits per heavy atom. The Balaban J connectivity index is 0.00000300. The van der Waals surface area contributed by atoms with Gasteiger partial charge in [-0.1, -0.05) is 0 Å². The number of hydrogen-bond acceptors (Lipinski definition) is 5. The molecule has 1 atom stereocenters. The third-order valence-corrected chi connectivity index (χ3v) is 6.23. The van der Waals surface area contributed by atoms with Crippen molar-refractivity contribution < 1.29 is 9.90 Å². The molecule has 0 aliphatic carbocycles. The summed E-state index contributed by atoms with van der Waals surface area (Å²) in [6.45, 7) is 6.84. The van der Waals surface area contributed by atoms with E-state index in [1.54, 1.807) is 33.9 Å². The second kappa shape index (κ2) is 10.9. The van der Waals surface area contributed by atoms with Gasteiger partial charge in [-0.3, -0.25) is 9.59 Å². The zero-order valence-electron chi connectivity index (χ0n) is 17.0. The van der Waals surface area contributed by atoms with Crippen molar-refractivity contribution in [3.05, 3.63) is 55.6 Å². The van der Waals surface area contributed by atoms with Crippen molar-refractivity contribution in [3.63, 3.8) is 0 Å². The molecule has 0 spiro atoms. The number of rotatable bonds is 7. The molecule has 0 aromatic carbocycles. The highest BCUT2D eigenvalue weighted by Crippen LogP contribution is 2.19. The molecule has 160 valence electrons. The van der Waals surface area contributed by atoms with Gasteiger partial charge >= 0.3 is 0 Å². The number of nitrogens with one attached hydrogen (secondary N) is 1. The first-order chi connectivity index (χ1) is 13.5. The van der Waals surface area contributed by atoms with Gasteiger partial charge in [0.15, 0.2) is 0 Å². The molecular formula is C21H30ClN3O3S. The monoisotopic (exact) mass is 439 g/mol. The normalized spacial score (nSPS) is 16.3. The van der Waals surface area contributed by atoms with E-state index in [0.717, 1.165) is 30.8 Å². The summed E-state index contributed by atoms with van der Waals surface area (Å²) in [5.74, 6) is 0.0958. The number of aliphatic hydroxyl groups excluding tert-OH is 1. The van der Waals surface area contributed by atoms with E-state index < -0.39 is 0 Å². The van der Waals surface area contributed by atoms with Gasteiger partial charge in [0.05, 0.1) is 13.2 Å². The van der Waals surface area contributed by atoms with Crippen LogP contribution in [0.15, 0.2) is 29.2 Å². The molecule has 1 aliphatic rings. The van der Waals surface area contributed by atoms with Crippen LogP contribution in [0.4, 0.5) is 0 Å². The molecule has 1 unspecified atom stereocenters. The average molecular weight is 440 g/mol. The highest BCUT2D eigenvalue weighted by molar-refractivity contribution is 7.11. The summed E-state index contributed by atoms with van der Waals surface area (Å²) < 4.78 is 1.67. The van der Waals surface area contributed by atoms with Gasteiger partial charge in [0.25, 0.3) is 11.5 Å². The minimum absolute atomic E-state index is 0. The Labute approximate surface area is 182 Å². The van der Waals surface area contributed by atoms with Crippen molar-refractivity contribution in [2.24, 2.45) is 5.92 Å². The maximum atomic E-state index is 13.2. The van der Waals surface area contributed by atoms with E-state index in [2.05, 4.69) is 5.32 Å². The van der Waals surface area contributed by atoms with E-state index in [-0.39, 0.29) is 42.6 Å². The summed E-state index contributed by atoms with van der Waals surface area (Å²) in [7, 11) is 0. The molecule has 3 rings (SSSR count). The molecule has 1 amide bonds. The molecule has 2 aromatic rings. The molecule has 8 heteroatoms. The molecule has 29 heavy (non-hydrogen) atoms. The van der Waals surface area contributed by atoms with Crippen molar-refractivity contribution in [1.82, 2.24) is 14.8 Å². The van der Waals surface area contributed by atoms with Gasteiger partial charge in [-0.25, -0.2) is 0 Å². The minimum atomic E-state index is -0.307. The SMILES string of the molecule is Cc1ccc(CN(CCO)C(=O)c2c(C)ccn(CC3CCCNC3)c2=O)s1.Cl. The number of aryl methyl sites for hydroxylation is 2. The maximum Gasteiger partial charge on any atom is 0.263 e. The van der Waals surface area contributed by atoms with E-state index in [1.165, 1.54) is 4.88 Å². The van der Waals surface area contributed by atoms with Gasteiger partial charge in [-0.05, 0) is 69.5 Å². The van der Waals surface area contributed by atoms with Gasteiger partial charge in [-0.2, -0.15) is 0 Å². The van der Waals surface area contributed by atoms with Crippen LogP contribution in [0.25, 0.3) is 0 Å². The largest absolute Gasteiger partial charge is 0.395 e. The van der Waals surface area contributed by atoms with E-state index in [1.807, 2.05) is 25.1 Å². The number of hydrogen-bond donors (Lipinski definition) is 2. The second-order valence-corrected chi connectivity index (χ2v) is 8.88. The first-order valence-electron chi connectivity index (χ1n) is 9.85. The number of carbonyl (C=O) groups excluding carboxylic acids is 1. The van der Waals surface area contributed by atoms with Crippen molar-refractivity contribution in [1.29, 1.82) is 0 Å². The average Bonchev–Trinajstić information content (AvgIpc) is 3.09. The summed E-state index contributed by atoms with van der Waals surface area (Å²) in [5, 5.41) is 12.8. The smallest absolute Gasteiger partial charge is 0.263 e. The third kappa shape index (κ3) is 5.92. The Morgan fingerprint density at radius 3 is 2.76 bits per heavy atom. The number of carbonyl (C=O) groups is 1. The van der Waals surface area contributed by atoms with Gasteiger partial charge in [0.2, 0.25) is 0 Å². The highest BCUT2D eigenvalue weighted by Gasteiger charge is 2.23. The van der Waals surface area contributed by atoms with E-state index >= 15 is 0 Å². The summed E-state index contributed by atoms with van der Waals surface area (Å²) in [4.78, 5) is 30.1. The predicted octanol–water partition coefficient (Wildman–Crippen LogP) is 2.58. The second-order valence-electron chi connectivity index (χ2n) is 7.51. The lowest BCUT2D eigenvalue weighted by atomic mass is 9.99. The van der Waals surface area contributed by atoms with Gasteiger partial charge in [-0.15, -0.1) is 23.7 Å². The highest BCUT2D eigenvalue weighted by atomic mass is 35.5. The quantitative estimate of drug-likeness (QED) is 0.695. The van der Waals surface area contributed by atoms with Gasteiger partial charge in [0, 0.05) is 29.0 Å². The Bertz CT molecular complexity index is 874. The van der Waals surface area contributed by atoms with Crippen LogP contribution in [-0.2, 0) is 13.1 Å². The molecule has 3 heterocycles. The van der Waals surface area contributed by atoms with Crippen LogP contribution >= 0.6 is 23.7 Å². The van der Waals surface area contributed by atoms with Crippen LogP contribution < -0.4 is 10.9 Å². The fourth-order valence-electron chi connectivity index (χ4n) is 3.72. The van der Waals surface area contributed by atoms with Crippen LogP contribution in [0, 0.1) is 19.8 Å². The number of piperidine rings is 1. The summed E-state index contributed by atoms with van der Waals surface area (Å²) in [6.07, 6.45) is 3.99. The Hall–Kier alpha value is -1.67. The molecule has 1 saturated heterocycles. The van der Waals surface area contributed by atoms with Crippen molar-refractivity contribution in [3.8, 4) is 0 Å². The topological polar surface area (TPSA) is 74.6 Å². The summed E-state index contributed by atoms with van der Waals surface area (Å²) >= 11 is 1.62. The molecule has 0 radical (unpaired) electrons. The number of halogens is 1. The van der Waals surface area contributed by atoms with E-state index in [0.29, 0.717) is 24.6 Å². The number of nitrogens with zero attached hydrogens (tertiary/aromatic N) is 2. The first-order valence-corrected chi connectivity index (χ1v) is 10.7. The minimum Gasteiger partial charge on any atom is -0.395 e. The molecule has 0 bridgehead atoms. The van der Waals surface area contributed by atoms with E-state index in [9.17, 15) is 14.7 Å². The van der Waals surface area contributed by atoms with Gasteiger partial charge in [0.1, 0.15) is 5.56 Å². The number of thiophene rings is 1. The van der Waals surface area contributed by atoms with Crippen LogP contribution in [0.3, 0.4) is 0 Å². The zero-order valence-corrected chi connectivity index (χ0v) is 18.7. The summed E-state index contributed by atoms with van der Waals surface area (Å²) in [6, 6.07) is 5.85. The Morgan fingerprint density at radius 2 is 2.14 bits per heavy atom. The fraction of sp³-hybridized carbons (Fsp3) is 0.524. The van der Waals surface area contributed by atoms with Gasteiger partial charge < -0.3 is 19.9 Å². The number of aliphatic hydroxyl groups is 1.